The van der Waals surface area contributed by atoms with Crippen LogP contribution in [-0.4, -0.2) is 26.9 Å². The molecule has 35 heavy (non-hydrogen) atoms. The zero-order chi connectivity index (χ0) is 24.9. The van der Waals surface area contributed by atoms with Gasteiger partial charge in [0.25, 0.3) is 5.56 Å². The number of amides is 1. The third-order valence-corrected chi connectivity index (χ3v) is 6.55. The summed E-state index contributed by atoms with van der Waals surface area (Å²) in [4.78, 5) is 33.8. The van der Waals surface area contributed by atoms with Crippen molar-refractivity contribution < 1.29 is 4.79 Å². The zero-order valence-corrected chi connectivity index (χ0v) is 21.1. The predicted octanol–water partition coefficient (Wildman–Crippen LogP) is 6.28. The summed E-state index contributed by atoms with van der Waals surface area (Å²) in [6.45, 7) is 6.41. The average Bonchev–Trinajstić information content (AvgIpc) is 2.85. The largest absolute Gasteiger partial charge is 0.332 e. The Morgan fingerprint density at radius 1 is 1.06 bits per heavy atom. The van der Waals surface area contributed by atoms with Gasteiger partial charge in [0.1, 0.15) is 5.82 Å². The maximum absolute atomic E-state index is 13.8. The summed E-state index contributed by atoms with van der Waals surface area (Å²) < 4.78 is 1.65. The van der Waals surface area contributed by atoms with E-state index in [-0.39, 0.29) is 11.5 Å². The van der Waals surface area contributed by atoms with Gasteiger partial charge in [0, 0.05) is 18.0 Å². The molecule has 4 aromatic rings. The molecule has 1 heterocycles. The Morgan fingerprint density at radius 2 is 1.77 bits per heavy atom. The van der Waals surface area contributed by atoms with E-state index in [0.29, 0.717) is 40.4 Å². The van der Waals surface area contributed by atoms with Crippen molar-refractivity contribution in [2.45, 2.75) is 46.1 Å². The monoisotopic (exact) mass is 487 g/mol. The number of hydrogen-bond donors (Lipinski definition) is 0. The molecule has 0 fully saturated rings. The summed E-state index contributed by atoms with van der Waals surface area (Å²) in [5.41, 5.74) is 3.19. The SMILES string of the molecule is CCCC(=O)N(CCc1ccccc1)C(C)c1nc2ccccc2c(=O)n1-c1ccc(Cl)cc1C. The molecule has 0 aliphatic rings. The van der Waals surface area contributed by atoms with Crippen LogP contribution in [-0.2, 0) is 11.2 Å². The van der Waals surface area contributed by atoms with Gasteiger partial charge in [0.15, 0.2) is 0 Å². The molecule has 1 amide bonds. The van der Waals surface area contributed by atoms with Gasteiger partial charge in [-0.2, -0.15) is 0 Å². The fraction of sp³-hybridized carbons (Fsp3) is 0.276. The molecule has 4 rings (SSSR count). The first-order chi connectivity index (χ1) is 16.9. The number of para-hydroxylation sites is 1. The molecule has 1 atom stereocenters. The van der Waals surface area contributed by atoms with E-state index >= 15 is 0 Å². The van der Waals surface area contributed by atoms with Gasteiger partial charge < -0.3 is 4.90 Å². The number of aryl methyl sites for hydroxylation is 1. The fourth-order valence-corrected chi connectivity index (χ4v) is 4.68. The molecule has 3 aromatic carbocycles. The maximum Gasteiger partial charge on any atom is 0.266 e. The number of aromatic nitrogens is 2. The molecule has 1 unspecified atom stereocenters. The Bertz CT molecular complexity index is 1400. The fourth-order valence-electron chi connectivity index (χ4n) is 4.46. The highest BCUT2D eigenvalue weighted by Gasteiger charge is 2.26. The van der Waals surface area contributed by atoms with Gasteiger partial charge in [-0.15, -0.1) is 0 Å². The maximum atomic E-state index is 13.8. The Morgan fingerprint density at radius 3 is 2.49 bits per heavy atom. The molecule has 0 radical (unpaired) electrons. The molecule has 180 valence electrons. The van der Waals surface area contributed by atoms with Gasteiger partial charge >= 0.3 is 0 Å². The summed E-state index contributed by atoms with van der Waals surface area (Å²) in [5, 5.41) is 1.14. The first-order valence-corrected chi connectivity index (χ1v) is 12.4. The first kappa shape index (κ1) is 24.7. The van der Waals surface area contributed by atoms with Gasteiger partial charge in [-0.1, -0.05) is 61.0 Å². The smallest absolute Gasteiger partial charge is 0.266 e. The lowest BCUT2D eigenvalue weighted by Gasteiger charge is -2.31. The standard InChI is InChI=1S/C29H30ClN3O2/c1-4-10-27(34)32(18-17-22-11-6-5-7-12-22)21(3)28-31-25-14-9-8-13-24(25)29(35)33(28)26-16-15-23(30)19-20(26)2/h5-9,11-16,19,21H,4,10,17-18H2,1-3H3. The number of hydrogen-bond acceptors (Lipinski definition) is 3. The first-order valence-electron chi connectivity index (χ1n) is 12.0. The van der Waals surface area contributed by atoms with Crippen LogP contribution in [0.3, 0.4) is 0 Å². The van der Waals surface area contributed by atoms with Crippen LogP contribution in [0.25, 0.3) is 16.6 Å². The lowest BCUT2D eigenvalue weighted by molar-refractivity contribution is -0.133. The van der Waals surface area contributed by atoms with E-state index in [0.717, 1.165) is 24.0 Å². The normalized spacial score (nSPS) is 12.0. The predicted molar refractivity (Wildman–Crippen MR) is 142 cm³/mol. The van der Waals surface area contributed by atoms with Crippen molar-refractivity contribution in [3.05, 3.63) is 105 Å². The van der Waals surface area contributed by atoms with E-state index in [1.807, 2.05) is 74.2 Å². The molecule has 0 aliphatic heterocycles. The molecule has 5 nitrogen and oxygen atoms in total. The molecule has 0 aliphatic carbocycles. The summed E-state index contributed by atoms with van der Waals surface area (Å²) >= 11 is 6.21. The van der Waals surface area contributed by atoms with Crippen LogP contribution in [0.15, 0.2) is 77.6 Å². The lowest BCUT2D eigenvalue weighted by atomic mass is 10.1. The minimum absolute atomic E-state index is 0.0534. The Kier molecular flexibility index (Phi) is 7.67. The van der Waals surface area contributed by atoms with Crippen LogP contribution < -0.4 is 5.56 Å². The van der Waals surface area contributed by atoms with Gasteiger partial charge in [0.2, 0.25) is 5.91 Å². The van der Waals surface area contributed by atoms with Crippen molar-refractivity contribution in [1.82, 2.24) is 14.5 Å². The number of carbonyl (C=O) groups excluding carboxylic acids is 1. The molecule has 0 N–H and O–H groups in total. The second-order valence-electron chi connectivity index (χ2n) is 8.81. The second kappa shape index (κ2) is 10.9. The number of rotatable bonds is 8. The van der Waals surface area contributed by atoms with E-state index in [9.17, 15) is 9.59 Å². The quantitative estimate of drug-likeness (QED) is 0.294. The van der Waals surface area contributed by atoms with Crippen LogP contribution in [0.5, 0.6) is 0 Å². The molecule has 0 saturated carbocycles. The summed E-state index contributed by atoms with van der Waals surface area (Å²) in [6.07, 6.45) is 1.91. The van der Waals surface area contributed by atoms with Gasteiger partial charge in [-0.05, 0) is 68.1 Å². The minimum Gasteiger partial charge on any atom is -0.332 e. The summed E-state index contributed by atoms with van der Waals surface area (Å²) in [5.74, 6) is 0.592. The van der Waals surface area contributed by atoms with E-state index in [2.05, 4.69) is 12.1 Å². The Hall–Kier alpha value is -3.44. The number of halogens is 1. The molecular formula is C29H30ClN3O2. The molecule has 0 bridgehead atoms. The lowest BCUT2D eigenvalue weighted by Crippen LogP contribution is -2.38. The molecule has 1 aromatic heterocycles. The number of fused-ring (bicyclic) bond motifs is 1. The summed E-state index contributed by atoms with van der Waals surface area (Å²) in [7, 11) is 0. The Labute approximate surface area is 211 Å². The molecule has 0 spiro atoms. The van der Waals surface area contributed by atoms with Crippen LogP contribution in [0.2, 0.25) is 5.02 Å². The van der Waals surface area contributed by atoms with Crippen LogP contribution in [0.4, 0.5) is 0 Å². The van der Waals surface area contributed by atoms with Crippen molar-refractivity contribution >= 4 is 28.4 Å². The number of nitrogens with zero attached hydrogens (tertiary/aromatic N) is 3. The minimum atomic E-state index is -0.412. The topological polar surface area (TPSA) is 55.2 Å². The van der Waals surface area contributed by atoms with Crippen molar-refractivity contribution in [3.8, 4) is 5.69 Å². The summed E-state index contributed by atoms with van der Waals surface area (Å²) in [6, 6.07) is 22.5. The van der Waals surface area contributed by atoms with Crippen LogP contribution in [0, 0.1) is 6.92 Å². The highest BCUT2D eigenvalue weighted by atomic mass is 35.5. The average molecular weight is 488 g/mol. The van der Waals surface area contributed by atoms with Gasteiger partial charge in [-0.25, -0.2) is 4.98 Å². The van der Waals surface area contributed by atoms with Gasteiger partial charge in [-0.3, -0.25) is 14.2 Å². The highest BCUT2D eigenvalue weighted by molar-refractivity contribution is 6.30. The third kappa shape index (κ3) is 5.30. The van der Waals surface area contributed by atoms with E-state index in [1.54, 1.807) is 16.7 Å². The van der Waals surface area contributed by atoms with E-state index in [4.69, 9.17) is 16.6 Å². The molecule has 6 heteroatoms. The van der Waals surface area contributed by atoms with Crippen molar-refractivity contribution in [1.29, 1.82) is 0 Å². The highest BCUT2D eigenvalue weighted by Crippen LogP contribution is 2.26. The molecule has 0 saturated heterocycles. The zero-order valence-electron chi connectivity index (χ0n) is 20.4. The van der Waals surface area contributed by atoms with Crippen molar-refractivity contribution in [3.63, 3.8) is 0 Å². The third-order valence-electron chi connectivity index (χ3n) is 6.31. The van der Waals surface area contributed by atoms with Crippen molar-refractivity contribution in [2.75, 3.05) is 6.54 Å². The van der Waals surface area contributed by atoms with E-state index < -0.39 is 6.04 Å². The second-order valence-corrected chi connectivity index (χ2v) is 9.24. The molecular weight excluding hydrogens is 458 g/mol. The number of benzene rings is 3. The number of carbonyl (C=O) groups is 1. The van der Waals surface area contributed by atoms with Crippen LogP contribution >= 0.6 is 11.6 Å². The van der Waals surface area contributed by atoms with Gasteiger partial charge in [0.05, 0.1) is 22.6 Å². The van der Waals surface area contributed by atoms with Crippen molar-refractivity contribution in [2.24, 2.45) is 0 Å². The van der Waals surface area contributed by atoms with E-state index in [1.165, 1.54) is 0 Å². The Balaban J connectivity index is 1.86. The van der Waals surface area contributed by atoms with Crippen LogP contribution in [0.1, 0.15) is 49.7 Å².